The SMILES string of the molecule is CS(=O)(=O)O[C@@H]1C=C[C@@H]2CO[C@@H]1O2. The van der Waals surface area contributed by atoms with Crippen LogP contribution in [0.5, 0.6) is 0 Å². The lowest BCUT2D eigenvalue weighted by molar-refractivity contribution is -0.105. The summed E-state index contributed by atoms with van der Waals surface area (Å²) in [6.45, 7) is 0.463. The monoisotopic (exact) mass is 206 g/mol. The number of fused-ring (bicyclic) bond motifs is 2. The van der Waals surface area contributed by atoms with Crippen LogP contribution in [-0.2, 0) is 23.8 Å². The maximum Gasteiger partial charge on any atom is 0.265 e. The van der Waals surface area contributed by atoms with Gasteiger partial charge in [-0.2, -0.15) is 8.42 Å². The molecule has 2 aliphatic heterocycles. The Bertz CT molecular complexity index is 320. The zero-order valence-electron chi connectivity index (χ0n) is 7.04. The first-order valence-corrected chi connectivity index (χ1v) is 5.70. The molecule has 0 aromatic carbocycles. The Hall–Kier alpha value is -0.430. The average Bonchev–Trinajstić information content (AvgIpc) is 2.37. The van der Waals surface area contributed by atoms with Gasteiger partial charge in [0.2, 0.25) is 0 Å². The highest BCUT2D eigenvalue weighted by Gasteiger charge is 2.36. The molecule has 0 saturated carbocycles. The Morgan fingerprint density at radius 1 is 1.46 bits per heavy atom. The predicted molar refractivity (Wildman–Crippen MR) is 43.5 cm³/mol. The minimum atomic E-state index is -3.46. The van der Waals surface area contributed by atoms with Crippen LogP contribution in [0.25, 0.3) is 0 Å². The lowest BCUT2D eigenvalue weighted by Gasteiger charge is -2.21. The summed E-state index contributed by atoms with van der Waals surface area (Å²) in [6, 6.07) is 0. The Labute approximate surface area is 76.4 Å². The van der Waals surface area contributed by atoms with Crippen molar-refractivity contribution < 1.29 is 22.1 Å². The van der Waals surface area contributed by atoms with Gasteiger partial charge in [0, 0.05) is 0 Å². The van der Waals surface area contributed by atoms with Crippen LogP contribution >= 0.6 is 0 Å². The average molecular weight is 206 g/mol. The molecule has 2 heterocycles. The Kier molecular flexibility index (Phi) is 2.15. The van der Waals surface area contributed by atoms with Gasteiger partial charge in [-0.15, -0.1) is 0 Å². The topological polar surface area (TPSA) is 61.8 Å². The lowest BCUT2D eigenvalue weighted by atomic mass is 10.2. The molecule has 0 N–H and O–H groups in total. The van der Waals surface area contributed by atoms with E-state index in [2.05, 4.69) is 0 Å². The molecule has 5 nitrogen and oxygen atoms in total. The van der Waals surface area contributed by atoms with Gasteiger partial charge in [0.25, 0.3) is 10.1 Å². The standard InChI is InChI=1S/C7H10O5S/c1-13(8,9)12-6-3-2-5-4-10-7(6)11-5/h2-3,5-7H,4H2,1H3/t5-,6-,7-/m1/s1. The molecule has 2 bridgehead atoms. The second-order valence-electron chi connectivity index (χ2n) is 3.03. The molecular formula is C7H10O5S. The molecule has 3 atom stereocenters. The molecule has 0 aliphatic carbocycles. The second-order valence-corrected chi connectivity index (χ2v) is 4.63. The maximum absolute atomic E-state index is 10.8. The van der Waals surface area contributed by atoms with Crippen molar-refractivity contribution in [2.24, 2.45) is 0 Å². The molecular weight excluding hydrogens is 196 g/mol. The van der Waals surface area contributed by atoms with Crippen molar-refractivity contribution >= 4 is 10.1 Å². The van der Waals surface area contributed by atoms with Gasteiger partial charge >= 0.3 is 0 Å². The molecule has 0 aromatic heterocycles. The van der Waals surface area contributed by atoms with Gasteiger partial charge in [-0.05, 0) is 0 Å². The van der Waals surface area contributed by atoms with E-state index in [0.29, 0.717) is 6.61 Å². The number of hydrogen-bond donors (Lipinski definition) is 0. The van der Waals surface area contributed by atoms with E-state index < -0.39 is 22.5 Å². The smallest absolute Gasteiger partial charge is 0.265 e. The number of rotatable bonds is 2. The summed E-state index contributed by atoms with van der Waals surface area (Å²) >= 11 is 0. The van der Waals surface area contributed by atoms with Gasteiger partial charge in [0.15, 0.2) is 6.29 Å². The van der Waals surface area contributed by atoms with Crippen molar-refractivity contribution in [3.8, 4) is 0 Å². The molecule has 0 radical (unpaired) electrons. The van der Waals surface area contributed by atoms with E-state index >= 15 is 0 Å². The largest absolute Gasteiger partial charge is 0.347 e. The van der Waals surface area contributed by atoms with Crippen molar-refractivity contribution in [1.82, 2.24) is 0 Å². The quantitative estimate of drug-likeness (QED) is 0.456. The molecule has 74 valence electrons. The minimum Gasteiger partial charge on any atom is -0.347 e. The molecule has 0 spiro atoms. The van der Waals surface area contributed by atoms with Gasteiger partial charge in [-0.25, -0.2) is 0 Å². The Morgan fingerprint density at radius 2 is 2.23 bits per heavy atom. The fourth-order valence-corrected chi connectivity index (χ4v) is 1.88. The molecule has 0 amide bonds. The van der Waals surface area contributed by atoms with Gasteiger partial charge in [-0.1, -0.05) is 12.2 Å². The van der Waals surface area contributed by atoms with Crippen molar-refractivity contribution in [1.29, 1.82) is 0 Å². The van der Waals surface area contributed by atoms with Crippen LogP contribution in [0.1, 0.15) is 0 Å². The third-order valence-corrected chi connectivity index (χ3v) is 2.38. The van der Waals surface area contributed by atoms with Crippen LogP contribution < -0.4 is 0 Å². The van der Waals surface area contributed by atoms with Crippen molar-refractivity contribution in [3.05, 3.63) is 12.2 Å². The summed E-state index contributed by atoms with van der Waals surface area (Å²) < 4.78 is 36.8. The van der Waals surface area contributed by atoms with Crippen LogP contribution in [-0.4, -0.2) is 39.8 Å². The first-order chi connectivity index (χ1) is 6.04. The number of hydrogen-bond acceptors (Lipinski definition) is 5. The predicted octanol–water partition coefficient (Wildman–Crippen LogP) is -0.358. The van der Waals surface area contributed by atoms with E-state index in [0.717, 1.165) is 6.26 Å². The molecule has 2 rings (SSSR count). The van der Waals surface area contributed by atoms with E-state index in [1.54, 1.807) is 12.2 Å². The third-order valence-electron chi connectivity index (χ3n) is 1.80. The normalized spacial score (nSPS) is 38.1. The summed E-state index contributed by atoms with van der Waals surface area (Å²) in [5, 5.41) is 0. The van der Waals surface area contributed by atoms with Gasteiger partial charge in [-0.3, -0.25) is 4.18 Å². The fourth-order valence-electron chi connectivity index (χ4n) is 1.32. The third kappa shape index (κ3) is 2.08. The van der Waals surface area contributed by atoms with E-state index in [1.807, 2.05) is 0 Å². The van der Waals surface area contributed by atoms with Crippen molar-refractivity contribution in [3.63, 3.8) is 0 Å². The minimum absolute atomic E-state index is 0.0515. The van der Waals surface area contributed by atoms with Gasteiger partial charge in [0.05, 0.1) is 12.9 Å². The molecule has 2 aliphatic rings. The summed E-state index contributed by atoms with van der Waals surface area (Å²) in [4.78, 5) is 0. The molecule has 13 heavy (non-hydrogen) atoms. The van der Waals surface area contributed by atoms with E-state index in [1.165, 1.54) is 0 Å². The van der Waals surface area contributed by atoms with Gasteiger partial charge < -0.3 is 9.47 Å². The Morgan fingerprint density at radius 3 is 2.92 bits per heavy atom. The Balaban J connectivity index is 2.09. The molecule has 1 saturated heterocycles. The van der Waals surface area contributed by atoms with Crippen molar-refractivity contribution in [2.75, 3.05) is 12.9 Å². The first kappa shape index (κ1) is 9.14. The summed E-state index contributed by atoms with van der Waals surface area (Å²) in [5.41, 5.74) is 0. The molecule has 0 aromatic rings. The van der Waals surface area contributed by atoms with Crippen LogP contribution in [0.3, 0.4) is 0 Å². The van der Waals surface area contributed by atoms with Gasteiger partial charge in [0.1, 0.15) is 12.2 Å². The molecule has 0 unspecified atom stereocenters. The van der Waals surface area contributed by atoms with Crippen LogP contribution in [0, 0.1) is 0 Å². The highest BCUT2D eigenvalue weighted by Crippen LogP contribution is 2.24. The van der Waals surface area contributed by atoms with Crippen molar-refractivity contribution in [2.45, 2.75) is 18.5 Å². The van der Waals surface area contributed by atoms with E-state index in [4.69, 9.17) is 13.7 Å². The fraction of sp³-hybridized carbons (Fsp3) is 0.714. The molecule has 1 fully saturated rings. The van der Waals surface area contributed by atoms with E-state index in [-0.39, 0.29) is 6.10 Å². The highest BCUT2D eigenvalue weighted by molar-refractivity contribution is 7.86. The highest BCUT2D eigenvalue weighted by atomic mass is 32.2. The summed E-state index contributed by atoms with van der Waals surface area (Å²) in [5.74, 6) is 0. The maximum atomic E-state index is 10.8. The van der Waals surface area contributed by atoms with E-state index in [9.17, 15) is 8.42 Å². The summed E-state index contributed by atoms with van der Waals surface area (Å²) in [6.07, 6.45) is 3.14. The first-order valence-electron chi connectivity index (χ1n) is 3.88. The summed E-state index contributed by atoms with van der Waals surface area (Å²) in [7, 11) is -3.46. The lowest BCUT2D eigenvalue weighted by Crippen LogP contribution is -2.33. The molecule has 6 heteroatoms. The van der Waals surface area contributed by atoms with Crippen LogP contribution in [0.2, 0.25) is 0 Å². The second kappa shape index (κ2) is 3.06. The zero-order valence-corrected chi connectivity index (χ0v) is 7.86. The van der Waals surface area contributed by atoms with Crippen LogP contribution in [0.4, 0.5) is 0 Å². The zero-order chi connectivity index (χ0) is 9.47. The number of ether oxygens (including phenoxy) is 2. The van der Waals surface area contributed by atoms with Crippen LogP contribution in [0.15, 0.2) is 12.2 Å².